The lowest BCUT2D eigenvalue weighted by atomic mass is 9.91. The Morgan fingerprint density at radius 2 is 1.84 bits per heavy atom. The zero-order valence-corrected chi connectivity index (χ0v) is 18.0. The fourth-order valence-electron chi connectivity index (χ4n) is 3.46. The molecule has 3 rings (SSSR count). The van der Waals surface area contributed by atoms with Gasteiger partial charge in [-0.15, -0.1) is 0 Å². The molecule has 0 bridgehead atoms. The third kappa shape index (κ3) is 6.40. The van der Waals surface area contributed by atoms with Crippen LogP contribution >= 0.6 is 11.6 Å². The highest BCUT2D eigenvalue weighted by atomic mass is 35.5. The van der Waals surface area contributed by atoms with Crippen LogP contribution in [0.2, 0.25) is 5.02 Å². The number of benzene rings is 2. The molecule has 6 nitrogen and oxygen atoms in total. The third-order valence-corrected chi connectivity index (χ3v) is 5.28. The van der Waals surface area contributed by atoms with Crippen molar-refractivity contribution in [2.24, 2.45) is 5.92 Å². The monoisotopic (exact) mass is 444 g/mol. The van der Waals surface area contributed by atoms with Crippen LogP contribution in [-0.2, 0) is 23.8 Å². The SMILES string of the molecule is CC(=O)OC(=O)CCC=CCC1COC(c2ccccc2Cl)OC1c1ccccc1O. The molecule has 1 aliphatic rings. The molecule has 0 spiro atoms. The Balaban J connectivity index is 1.68. The number of carbonyl (C=O) groups excluding carboxylic acids is 2. The average molecular weight is 445 g/mol. The van der Waals surface area contributed by atoms with Gasteiger partial charge in [-0.2, -0.15) is 0 Å². The van der Waals surface area contributed by atoms with Gasteiger partial charge in [0, 0.05) is 35.4 Å². The molecule has 1 fully saturated rings. The van der Waals surface area contributed by atoms with E-state index in [0.717, 1.165) is 5.56 Å². The minimum absolute atomic E-state index is 0.0486. The Labute approximate surface area is 186 Å². The van der Waals surface area contributed by atoms with Crippen molar-refractivity contribution < 1.29 is 28.9 Å². The normalized spacial score (nSPS) is 21.2. The van der Waals surface area contributed by atoms with Crippen LogP contribution < -0.4 is 0 Å². The van der Waals surface area contributed by atoms with Crippen LogP contribution in [0.25, 0.3) is 0 Å². The lowest BCUT2D eigenvalue weighted by molar-refractivity contribution is -0.244. The molecule has 3 unspecified atom stereocenters. The number of rotatable bonds is 7. The number of ether oxygens (including phenoxy) is 3. The zero-order chi connectivity index (χ0) is 22.2. The first kappa shape index (κ1) is 23.0. The first-order valence-electron chi connectivity index (χ1n) is 10.1. The summed E-state index contributed by atoms with van der Waals surface area (Å²) in [5.74, 6) is -1.04. The van der Waals surface area contributed by atoms with Gasteiger partial charge in [0.05, 0.1) is 12.7 Å². The molecule has 2 aromatic carbocycles. The Bertz CT molecular complexity index is 941. The fraction of sp³-hybridized carbons (Fsp3) is 0.333. The minimum atomic E-state index is -0.639. The van der Waals surface area contributed by atoms with Gasteiger partial charge in [-0.1, -0.05) is 60.2 Å². The van der Waals surface area contributed by atoms with E-state index in [1.807, 2.05) is 42.5 Å². The predicted molar refractivity (Wildman–Crippen MR) is 115 cm³/mol. The molecule has 0 amide bonds. The second-order valence-corrected chi connectivity index (χ2v) is 7.68. The van der Waals surface area contributed by atoms with Crippen LogP contribution in [0, 0.1) is 5.92 Å². The van der Waals surface area contributed by atoms with Crippen LogP contribution in [0.1, 0.15) is 49.7 Å². The van der Waals surface area contributed by atoms with Crippen LogP contribution in [0.3, 0.4) is 0 Å². The first-order chi connectivity index (χ1) is 15.0. The summed E-state index contributed by atoms with van der Waals surface area (Å²) >= 11 is 6.31. The number of allylic oxidation sites excluding steroid dienone is 2. The molecule has 3 atom stereocenters. The summed E-state index contributed by atoms with van der Waals surface area (Å²) in [6.07, 6.45) is 3.99. The highest BCUT2D eigenvalue weighted by Crippen LogP contribution is 2.43. The van der Waals surface area contributed by atoms with Crippen LogP contribution in [-0.4, -0.2) is 23.7 Å². The average Bonchev–Trinajstić information content (AvgIpc) is 2.74. The molecule has 164 valence electrons. The molecule has 1 heterocycles. The Morgan fingerprint density at radius 3 is 2.55 bits per heavy atom. The highest BCUT2D eigenvalue weighted by Gasteiger charge is 2.35. The first-order valence-corrected chi connectivity index (χ1v) is 10.5. The summed E-state index contributed by atoms with van der Waals surface area (Å²) in [6, 6.07) is 14.4. The van der Waals surface area contributed by atoms with Gasteiger partial charge in [0.25, 0.3) is 0 Å². The van der Waals surface area contributed by atoms with Crippen molar-refractivity contribution in [3.63, 3.8) is 0 Å². The van der Waals surface area contributed by atoms with Crippen molar-refractivity contribution in [1.82, 2.24) is 0 Å². The molecule has 31 heavy (non-hydrogen) atoms. The molecule has 0 saturated carbocycles. The van der Waals surface area contributed by atoms with Gasteiger partial charge in [-0.3, -0.25) is 9.59 Å². The van der Waals surface area contributed by atoms with Gasteiger partial charge < -0.3 is 19.3 Å². The van der Waals surface area contributed by atoms with Gasteiger partial charge in [-0.25, -0.2) is 0 Å². The van der Waals surface area contributed by atoms with Crippen LogP contribution in [0.4, 0.5) is 0 Å². The molecule has 0 aromatic heterocycles. The van der Waals surface area contributed by atoms with Gasteiger partial charge in [0.15, 0.2) is 6.29 Å². The predicted octanol–water partition coefficient (Wildman–Crippen LogP) is 5.26. The number of para-hydroxylation sites is 1. The van der Waals surface area contributed by atoms with Crippen molar-refractivity contribution in [2.45, 2.75) is 38.6 Å². The molecule has 1 aliphatic heterocycles. The van der Waals surface area contributed by atoms with Gasteiger partial charge in [-0.05, 0) is 25.0 Å². The van der Waals surface area contributed by atoms with E-state index in [2.05, 4.69) is 4.74 Å². The molecular weight excluding hydrogens is 420 g/mol. The van der Waals surface area contributed by atoms with E-state index in [0.29, 0.717) is 30.0 Å². The topological polar surface area (TPSA) is 82.1 Å². The number of hydrogen-bond acceptors (Lipinski definition) is 6. The summed E-state index contributed by atoms with van der Waals surface area (Å²) in [6.45, 7) is 1.61. The Hall–Kier alpha value is -2.67. The van der Waals surface area contributed by atoms with E-state index >= 15 is 0 Å². The standard InChI is InChI=1S/C24H25ClO6/c1-16(26)30-22(28)14-4-2-3-9-17-15-29-24(18-10-5-7-12-20(18)25)31-23(17)19-11-6-8-13-21(19)27/h2-3,5-8,10-13,17,23-24,27H,4,9,14-15H2,1H3. The third-order valence-electron chi connectivity index (χ3n) is 4.94. The number of phenolic OH excluding ortho intramolecular Hbond substituents is 1. The summed E-state index contributed by atoms with van der Waals surface area (Å²) in [4.78, 5) is 22.2. The smallest absolute Gasteiger partial charge is 0.313 e. The number of aromatic hydroxyl groups is 1. The number of esters is 2. The maximum absolute atomic E-state index is 11.4. The van der Waals surface area contributed by atoms with Gasteiger partial charge >= 0.3 is 11.9 Å². The number of phenols is 1. The number of hydrogen-bond donors (Lipinski definition) is 1. The van der Waals surface area contributed by atoms with E-state index in [4.69, 9.17) is 21.1 Å². The lowest BCUT2D eigenvalue weighted by Crippen LogP contribution is -2.30. The summed E-state index contributed by atoms with van der Waals surface area (Å²) < 4.78 is 16.7. The Kier molecular flexibility index (Phi) is 8.23. The van der Waals surface area contributed by atoms with E-state index in [-0.39, 0.29) is 18.1 Å². The molecule has 1 N–H and O–H groups in total. The van der Waals surface area contributed by atoms with Crippen LogP contribution in [0.15, 0.2) is 60.7 Å². The number of halogens is 1. The number of carbonyl (C=O) groups is 2. The van der Waals surface area contributed by atoms with Crippen molar-refractivity contribution in [3.05, 3.63) is 76.8 Å². The fourth-order valence-corrected chi connectivity index (χ4v) is 3.68. The largest absolute Gasteiger partial charge is 0.508 e. The van der Waals surface area contributed by atoms with Crippen molar-refractivity contribution in [3.8, 4) is 5.75 Å². The quantitative estimate of drug-likeness (QED) is 0.356. The molecule has 0 aliphatic carbocycles. The van der Waals surface area contributed by atoms with E-state index < -0.39 is 24.3 Å². The van der Waals surface area contributed by atoms with Crippen molar-refractivity contribution >= 4 is 23.5 Å². The van der Waals surface area contributed by atoms with Crippen LogP contribution in [0.5, 0.6) is 5.75 Å². The molecule has 2 aromatic rings. The van der Waals surface area contributed by atoms with E-state index in [9.17, 15) is 14.7 Å². The highest BCUT2D eigenvalue weighted by molar-refractivity contribution is 6.31. The zero-order valence-electron chi connectivity index (χ0n) is 17.2. The van der Waals surface area contributed by atoms with E-state index in [1.54, 1.807) is 18.2 Å². The Morgan fingerprint density at radius 1 is 1.13 bits per heavy atom. The van der Waals surface area contributed by atoms with Crippen molar-refractivity contribution in [2.75, 3.05) is 6.61 Å². The second kappa shape index (κ2) is 11.1. The van der Waals surface area contributed by atoms with E-state index in [1.165, 1.54) is 6.92 Å². The molecule has 0 radical (unpaired) electrons. The lowest BCUT2D eigenvalue weighted by Gasteiger charge is -2.37. The second-order valence-electron chi connectivity index (χ2n) is 7.27. The molecular formula is C24H25ClO6. The summed E-state index contributed by atoms with van der Waals surface area (Å²) in [7, 11) is 0. The van der Waals surface area contributed by atoms with Gasteiger partial charge in [0.1, 0.15) is 5.75 Å². The summed E-state index contributed by atoms with van der Waals surface area (Å²) in [5, 5.41) is 10.9. The summed E-state index contributed by atoms with van der Waals surface area (Å²) in [5.41, 5.74) is 1.42. The maximum atomic E-state index is 11.4. The van der Waals surface area contributed by atoms with Gasteiger partial charge in [0.2, 0.25) is 0 Å². The molecule has 1 saturated heterocycles. The van der Waals surface area contributed by atoms with Crippen molar-refractivity contribution in [1.29, 1.82) is 0 Å². The minimum Gasteiger partial charge on any atom is -0.508 e. The maximum Gasteiger partial charge on any atom is 0.313 e. The molecule has 7 heteroatoms.